The van der Waals surface area contributed by atoms with Gasteiger partial charge < -0.3 is 19.1 Å². The number of likely N-dealkylation sites (N-methyl/N-ethyl adjacent to an activating group) is 1. The topological polar surface area (TPSA) is 94.2 Å². The van der Waals surface area contributed by atoms with E-state index in [-0.39, 0.29) is 41.3 Å². The van der Waals surface area contributed by atoms with E-state index in [1.165, 1.54) is 30.2 Å². The second-order valence-corrected chi connectivity index (χ2v) is 8.10. The summed E-state index contributed by atoms with van der Waals surface area (Å²) in [4.78, 5) is 13.8. The average Bonchev–Trinajstić information content (AvgIpc) is 2.72. The van der Waals surface area contributed by atoms with Gasteiger partial charge in [0.15, 0.2) is 6.61 Å². The molecule has 0 aromatic heterocycles. The highest BCUT2D eigenvalue weighted by Gasteiger charge is 2.17. The predicted octanol–water partition coefficient (Wildman–Crippen LogP) is 2.32. The van der Waals surface area contributed by atoms with Gasteiger partial charge in [0.2, 0.25) is 10.0 Å². The van der Waals surface area contributed by atoms with Crippen LogP contribution in [0.25, 0.3) is 0 Å². The Bertz CT molecular complexity index is 934. The first-order valence-electron chi connectivity index (χ1n) is 8.60. The molecule has 2 aromatic carbocycles. The summed E-state index contributed by atoms with van der Waals surface area (Å²) in [6.07, 6.45) is 0. The fourth-order valence-electron chi connectivity index (χ4n) is 2.31. The lowest BCUT2D eigenvalue weighted by molar-refractivity contribution is -0.120. The van der Waals surface area contributed by atoms with E-state index in [1.807, 2.05) is 0 Å². The van der Waals surface area contributed by atoms with Crippen LogP contribution in [0.1, 0.15) is 0 Å². The molecule has 1 amide bonds. The second kappa shape index (κ2) is 10.4. The van der Waals surface area contributed by atoms with E-state index in [0.717, 1.165) is 0 Å². The average molecular weight is 443 g/mol. The zero-order valence-electron chi connectivity index (χ0n) is 16.3. The second-order valence-electron chi connectivity index (χ2n) is 5.92. The molecule has 2 aromatic rings. The third-order valence-electron chi connectivity index (χ3n) is 4.00. The summed E-state index contributed by atoms with van der Waals surface area (Å²) in [7, 11) is 0.948. The minimum Gasteiger partial charge on any atom is -0.497 e. The molecule has 1 N–H and O–H groups in total. The zero-order valence-corrected chi connectivity index (χ0v) is 17.9. The van der Waals surface area contributed by atoms with Gasteiger partial charge in [-0.05, 0) is 42.5 Å². The first-order valence-corrected chi connectivity index (χ1v) is 10.5. The van der Waals surface area contributed by atoms with Gasteiger partial charge in [-0.3, -0.25) is 4.79 Å². The number of halogens is 1. The molecule has 0 bridgehead atoms. The van der Waals surface area contributed by atoms with E-state index < -0.39 is 10.0 Å². The first kappa shape index (κ1) is 23.0. The molecule has 158 valence electrons. The highest BCUT2D eigenvalue weighted by Crippen LogP contribution is 2.27. The lowest BCUT2D eigenvalue weighted by atomic mass is 10.3. The van der Waals surface area contributed by atoms with E-state index in [1.54, 1.807) is 38.4 Å². The highest BCUT2D eigenvalue weighted by atomic mass is 35.5. The Labute approximate surface area is 175 Å². The van der Waals surface area contributed by atoms with Crippen molar-refractivity contribution in [3.8, 4) is 11.5 Å². The number of sulfonamides is 1. The van der Waals surface area contributed by atoms with Crippen molar-refractivity contribution in [2.45, 2.75) is 4.90 Å². The molecular weight excluding hydrogens is 420 g/mol. The van der Waals surface area contributed by atoms with E-state index in [4.69, 9.17) is 25.8 Å². The summed E-state index contributed by atoms with van der Waals surface area (Å²) in [5, 5.41) is 0.0829. The molecule has 2 rings (SSSR count). The summed E-state index contributed by atoms with van der Waals surface area (Å²) in [6.45, 7) is 0.124. The van der Waals surface area contributed by atoms with Crippen molar-refractivity contribution < 1.29 is 27.4 Å². The summed E-state index contributed by atoms with van der Waals surface area (Å²) in [6, 6.07) is 11.0. The van der Waals surface area contributed by atoms with Gasteiger partial charge in [-0.25, -0.2) is 13.1 Å². The predicted molar refractivity (Wildman–Crippen MR) is 110 cm³/mol. The largest absolute Gasteiger partial charge is 0.497 e. The molecule has 0 heterocycles. The van der Waals surface area contributed by atoms with Crippen LogP contribution in [0, 0.1) is 0 Å². The molecule has 0 fully saturated rings. The normalized spacial score (nSPS) is 11.2. The standard InChI is InChI=1S/C19H23ClN2O6S/c1-22(14-4-6-15(27-3)7-5-14)19(23)13-28-18-9-8-16(12-17(18)20)29(24,25)21-10-11-26-2/h4-9,12,21H,10-11,13H2,1-3H3. The van der Waals surface area contributed by atoms with Gasteiger partial charge in [0.25, 0.3) is 5.91 Å². The van der Waals surface area contributed by atoms with Crippen LogP contribution in [-0.4, -0.2) is 55.4 Å². The van der Waals surface area contributed by atoms with Crippen molar-refractivity contribution in [2.75, 3.05) is 45.9 Å². The molecular formula is C19H23ClN2O6S. The Kier molecular flexibility index (Phi) is 8.27. The smallest absolute Gasteiger partial charge is 0.264 e. The van der Waals surface area contributed by atoms with Gasteiger partial charge in [-0.1, -0.05) is 11.6 Å². The van der Waals surface area contributed by atoms with Gasteiger partial charge in [-0.2, -0.15) is 0 Å². The summed E-state index contributed by atoms with van der Waals surface area (Å²) in [5.74, 6) is 0.590. The molecule has 0 radical (unpaired) electrons. The van der Waals surface area contributed by atoms with Gasteiger partial charge in [0, 0.05) is 26.4 Å². The van der Waals surface area contributed by atoms with Crippen LogP contribution in [0.2, 0.25) is 5.02 Å². The zero-order chi connectivity index (χ0) is 21.4. The van der Waals surface area contributed by atoms with Crippen molar-refractivity contribution in [3.05, 3.63) is 47.5 Å². The van der Waals surface area contributed by atoms with Gasteiger partial charge >= 0.3 is 0 Å². The quantitative estimate of drug-likeness (QED) is 0.567. The molecule has 0 aliphatic carbocycles. The maximum atomic E-state index is 12.4. The maximum absolute atomic E-state index is 12.4. The Morgan fingerprint density at radius 3 is 2.41 bits per heavy atom. The number of hydrogen-bond donors (Lipinski definition) is 1. The Morgan fingerprint density at radius 1 is 1.14 bits per heavy atom. The number of amides is 1. The fourth-order valence-corrected chi connectivity index (χ4v) is 3.65. The van der Waals surface area contributed by atoms with Gasteiger partial charge in [-0.15, -0.1) is 0 Å². The molecule has 0 aliphatic rings. The number of hydrogen-bond acceptors (Lipinski definition) is 6. The Morgan fingerprint density at radius 2 is 1.83 bits per heavy atom. The van der Waals surface area contributed by atoms with Crippen LogP contribution in [0.5, 0.6) is 11.5 Å². The molecule has 0 saturated heterocycles. The van der Waals surface area contributed by atoms with Crippen molar-refractivity contribution in [1.29, 1.82) is 0 Å². The van der Waals surface area contributed by atoms with E-state index in [0.29, 0.717) is 11.4 Å². The number of benzene rings is 2. The van der Waals surface area contributed by atoms with Crippen LogP contribution in [0.4, 0.5) is 5.69 Å². The third-order valence-corrected chi connectivity index (χ3v) is 5.75. The highest BCUT2D eigenvalue weighted by molar-refractivity contribution is 7.89. The monoisotopic (exact) mass is 442 g/mol. The van der Waals surface area contributed by atoms with E-state index in [2.05, 4.69) is 4.72 Å². The number of carbonyl (C=O) groups is 1. The maximum Gasteiger partial charge on any atom is 0.264 e. The number of nitrogens with zero attached hydrogens (tertiary/aromatic N) is 1. The van der Waals surface area contributed by atoms with Crippen LogP contribution >= 0.6 is 11.6 Å². The number of methoxy groups -OCH3 is 2. The van der Waals surface area contributed by atoms with E-state index >= 15 is 0 Å². The summed E-state index contributed by atoms with van der Waals surface area (Å²) in [5.41, 5.74) is 0.675. The molecule has 8 nitrogen and oxygen atoms in total. The van der Waals surface area contributed by atoms with Gasteiger partial charge in [0.1, 0.15) is 11.5 Å². The Balaban J connectivity index is 2.00. The minimum absolute atomic E-state index is 0.00682. The lowest BCUT2D eigenvalue weighted by Gasteiger charge is -2.18. The Hall–Kier alpha value is -2.33. The molecule has 0 saturated carbocycles. The summed E-state index contributed by atoms with van der Waals surface area (Å²) < 4.78 is 42.2. The van der Waals surface area contributed by atoms with Gasteiger partial charge in [0.05, 0.1) is 23.6 Å². The molecule has 0 spiro atoms. The molecule has 0 unspecified atom stereocenters. The van der Waals surface area contributed by atoms with Crippen LogP contribution in [0.3, 0.4) is 0 Å². The molecule has 10 heteroatoms. The molecule has 0 atom stereocenters. The molecule has 0 aliphatic heterocycles. The third kappa shape index (κ3) is 6.33. The van der Waals surface area contributed by atoms with E-state index in [9.17, 15) is 13.2 Å². The van der Waals surface area contributed by atoms with Crippen LogP contribution in [-0.2, 0) is 19.6 Å². The first-order chi connectivity index (χ1) is 13.8. The van der Waals surface area contributed by atoms with Crippen LogP contribution in [0.15, 0.2) is 47.4 Å². The van der Waals surface area contributed by atoms with Crippen molar-refractivity contribution >= 4 is 33.2 Å². The number of carbonyl (C=O) groups excluding carboxylic acids is 1. The van der Waals surface area contributed by atoms with Crippen molar-refractivity contribution in [3.63, 3.8) is 0 Å². The van der Waals surface area contributed by atoms with Crippen molar-refractivity contribution in [1.82, 2.24) is 4.72 Å². The fraction of sp³-hybridized carbons (Fsp3) is 0.316. The number of rotatable bonds is 10. The molecule has 29 heavy (non-hydrogen) atoms. The SMILES string of the molecule is COCCNS(=O)(=O)c1ccc(OCC(=O)N(C)c2ccc(OC)cc2)c(Cl)c1. The van der Waals surface area contributed by atoms with Crippen LogP contribution < -0.4 is 19.1 Å². The number of nitrogens with one attached hydrogen (secondary N) is 1. The summed E-state index contributed by atoms with van der Waals surface area (Å²) >= 11 is 6.13. The number of ether oxygens (including phenoxy) is 3. The lowest BCUT2D eigenvalue weighted by Crippen LogP contribution is -2.31. The van der Waals surface area contributed by atoms with Crippen molar-refractivity contribution in [2.24, 2.45) is 0 Å². The minimum atomic E-state index is -3.71. The number of anilines is 1.